The molecule has 1 atom stereocenters. The molecule has 4 aromatic rings. The van der Waals surface area contributed by atoms with E-state index in [1.54, 1.807) is 43.6 Å². The molecule has 2 nitrogen and oxygen atoms in total. The van der Waals surface area contributed by atoms with Gasteiger partial charge in [0.2, 0.25) is 0 Å². The van der Waals surface area contributed by atoms with Crippen LogP contribution in [-0.2, 0) is 43.3 Å². The lowest BCUT2D eigenvalue weighted by Crippen LogP contribution is -2.59. The lowest BCUT2D eigenvalue weighted by Gasteiger charge is -2.50. The molecule has 65 heavy (non-hydrogen) atoms. The second-order valence-electron chi connectivity index (χ2n) is 27.7. The molecule has 0 saturated carbocycles. The van der Waals surface area contributed by atoms with Gasteiger partial charge in [0.25, 0.3) is 6.71 Å². The van der Waals surface area contributed by atoms with Crippen molar-refractivity contribution in [1.29, 1.82) is 0 Å². The van der Waals surface area contributed by atoms with Crippen molar-refractivity contribution < 1.29 is 0 Å². The van der Waals surface area contributed by atoms with Crippen LogP contribution in [0.2, 0.25) is 0 Å². The molecule has 0 radical (unpaired) electrons. The van der Waals surface area contributed by atoms with Crippen LogP contribution in [0.5, 0.6) is 0 Å². The van der Waals surface area contributed by atoms with Gasteiger partial charge in [-0.05, 0) is 193 Å². The minimum absolute atomic E-state index is 0.0655. The average molecular weight is 883 g/mol. The Labute approximate surface area is 398 Å². The van der Waals surface area contributed by atoms with Gasteiger partial charge in [0.1, 0.15) is 0 Å². The van der Waals surface area contributed by atoms with Crippen molar-refractivity contribution in [3.8, 4) is 0 Å². The van der Waals surface area contributed by atoms with Crippen LogP contribution in [0.4, 0.5) is 22.1 Å². The van der Waals surface area contributed by atoms with Gasteiger partial charge in [-0.1, -0.05) is 142 Å². The van der Waals surface area contributed by atoms with Crippen molar-refractivity contribution in [2.75, 3.05) is 9.80 Å². The second kappa shape index (κ2) is 13.4. The van der Waals surface area contributed by atoms with Crippen LogP contribution in [0.3, 0.4) is 0 Å². The Bertz CT molecular complexity index is 2790. The predicted octanol–water partition coefficient (Wildman–Crippen LogP) is 15.8. The van der Waals surface area contributed by atoms with Gasteiger partial charge in [-0.25, -0.2) is 0 Å². The van der Waals surface area contributed by atoms with Crippen molar-refractivity contribution >= 4 is 51.0 Å². The summed E-state index contributed by atoms with van der Waals surface area (Å²) in [6.45, 7) is 42.9. The zero-order valence-electron chi connectivity index (χ0n) is 43.5. The first-order valence-electron chi connectivity index (χ1n) is 25.8. The first-order valence-corrected chi connectivity index (χ1v) is 26.6. The van der Waals surface area contributed by atoms with E-state index in [0.717, 1.165) is 6.42 Å². The molecule has 342 valence electrons. The fraction of sp³-hybridized carbons (Fsp3) is 0.574. The van der Waals surface area contributed by atoms with E-state index in [4.69, 9.17) is 0 Å². The van der Waals surface area contributed by atoms with E-state index in [9.17, 15) is 0 Å². The van der Waals surface area contributed by atoms with Gasteiger partial charge in [0.15, 0.2) is 0 Å². The van der Waals surface area contributed by atoms with Gasteiger partial charge in [-0.15, -0.1) is 11.3 Å². The molecule has 1 unspecified atom stereocenters. The van der Waals surface area contributed by atoms with Gasteiger partial charge < -0.3 is 9.80 Å². The Morgan fingerprint density at radius 1 is 0.492 bits per heavy atom. The third-order valence-electron chi connectivity index (χ3n) is 19.2. The molecule has 0 amide bonds. The van der Waals surface area contributed by atoms with Crippen LogP contribution in [0, 0.1) is 5.92 Å². The summed E-state index contributed by atoms with van der Waals surface area (Å²) in [5.74, 6) is 0.383. The molecule has 3 heterocycles. The summed E-state index contributed by atoms with van der Waals surface area (Å²) < 4.78 is 0. The molecule has 0 saturated heterocycles. The molecule has 5 aliphatic carbocycles. The molecule has 7 aliphatic rings. The third kappa shape index (κ3) is 6.22. The largest absolute Gasteiger partial charge is 0.315 e. The van der Waals surface area contributed by atoms with Crippen LogP contribution in [-0.4, -0.2) is 6.71 Å². The van der Waals surface area contributed by atoms with Crippen molar-refractivity contribution in [2.45, 2.75) is 219 Å². The van der Waals surface area contributed by atoms with E-state index >= 15 is 0 Å². The second-order valence-corrected chi connectivity index (χ2v) is 28.7. The SMILES string of the molecule is CC1C=C2C3=C(C1)N(c1ccc4c(c1)C(C)(C)CCC4(C)C)c1cc4c(cc1B3c1c(sc3c1C(C)(C)CCC3(C)C)N2c1ccc2c(c1)C(C)(C)CCC2(C)C)C(C)(C)CCC4(C)C. The average Bonchev–Trinajstić information content (AvgIpc) is 3.64. The highest BCUT2D eigenvalue weighted by atomic mass is 32.1. The summed E-state index contributed by atoms with van der Waals surface area (Å²) in [4.78, 5) is 7.27. The fourth-order valence-corrected chi connectivity index (χ4v) is 16.0. The quantitative estimate of drug-likeness (QED) is 0.185. The van der Waals surface area contributed by atoms with E-state index in [1.165, 1.54) is 101 Å². The van der Waals surface area contributed by atoms with Crippen molar-refractivity contribution in [1.82, 2.24) is 0 Å². The summed E-state index contributed by atoms with van der Waals surface area (Å²) in [5.41, 5.74) is 23.7. The zero-order chi connectivity index (χ0) is 46.6. The van der Waals surface area contributed by atoms with E-state index in [1.807, 2.05) is 0 Å². The number of anilines is 4. The minimum Gasteiger partial charge on any atom is -0.315 e. The zero-order valence-corrected chi connectivity index (χ0v) is 44.3. The lowest BCUT2D eigenvalue weighted by molar-refractivity contribution is 0.332. The molecular formula is C61H79BN2S. The molecule has 2 aliphatic heterocycles. The Morgan fingerprint density at radius 2 is 0.923 bits per heavy atom. The highest BCUT2D eigenvalue weighted by Gasteiger charge is 2.54. The summed E-state index contributed by atoms with van der Waals surface area (Å²) in [5, 5.41) is 1.48. The number of hydrogen-bond acceptors (Lipinski definition) is 3. The topological polar surface area (TPSA) is 6.48 Å². The first kappa shape index (κ1) is 44.0. The summed E-state index contributed by atoms with van der Waals surface area (Å²) in [6.07, 6.45) is 13.5. The van der Waals surface area contributed by atoms with E-state index < -0.39 is 0 Å². The van der Waals surface area contributed by atoms with Gasteiger partial charge >= 0.3 is 0 Å². The van der Waals surface area contributed by atoms with Gasteiger partial charge in [-0.2, -0.15) is 0 Å². The maximum atomic E-state index is 2.83. The maximum Gasteiger partial charge on any atom is 0.253 e. The van der Waals surface area contributed by atoms with Crippen LogP contribution in [0.1, 0.15) is 219 Å². The Hall–Kier alpha value is -3.50. The normalized spacial score (nSPS) is 26.1. The molecule has 1 aromatic heterocycles. The molecule has 0 fully saturated rings. The minimum atomic E-state index is 0.0655. The van der Waals surface area contributed by atoms with E-state index in [2.05, 4.69) is 193 Å². The molecule has 0 spiro atoms. The summed E-state index contributed by atoms with van der Waals surface area (Å²) in [7, 11) is 0. The molecular weight excluding hydrogens is 804 g/mol. The molecule has 0 bridgehead atoms. The molecule has 3 aromatic carbocycles. The Kier molecular flexibility index (Phi) is 9.07. The molecule has 4 heteroatoms. The maximum absolute atomic E-state index is 2.83. The van der Waals surface area contributed by atoms with Crippen LogP contribution < -0.4 is 20.7 Å². The molecule has 0 N–H and O–H groups in total. The summed E-state index contributed by atoms with van der Waals surface area (Å²) in [6, 6.07) is 20.9. The fourth-order valence-electron chi connectivity index (χ4n) is 14.3. The molecule has 11 rings (SSSR count). The van der Waals surface area contributed by atoms with Crippen molar-refractivity contribution in [3.63, 3.8) is 0 Å². The van der Waals surface area contributed by atoms with Crippen LogP contribution >= 0.6 is 11.3 Å². The predicted molar refractivity (Wildman–Crippen MR) is 283 cm³/mol. The highest BCUT2D eigenvalue weighted by molar-refractivity contribution is 7.20. The number of benzene rings is 3. The van der Waals surface area contributed by atoms with Gasteiger partial charge in [0.05, 0.1) is 5.00 Å². The number of nitrogens with zero attached hydrogens (tertiary/aromatic N) is 2. The summed E-state index contributed by atoms with van der Waals surface area (Å²) >= 11 is 2.15. The number of hydrogen-bond donors (Lipinski definition) is 0. The monoisotopic (exact) mass is 883 g/mol. The number of allylic oxidation sites excluding steroid dienone is 3. The van der Waals surface area contributed by atoms with Crippen molar-refractivity contribution in [3.05, 3.63) is 115 Å². The number of fused-ring (bicyclic) bond motifs is 9. The van der Waals surface area contributed by atoms with E-state index in [-0.39, 0.29) is 50.0 Å². The van der Waals surface area contributed by atoms with Gasteiger partial charge in [0, 0.05) is 33.3 Å². The standard InChI is InChI=1S/C61H79BN2S/c1-36-30-47-50-48(31-36)64(38-19-21-40-42(33-38)57(8,9)25-23-55(40,4)5)53-51(49-52(65-53)61(16,17)29-28-60(49,14)15)62(50)45-34-43-44(59(12,13)27-26-58(43,10)11)35-46(45)63(47)37-18-20-39-41(32-37)56(6,7)24-22-54(39,2)3/h18-21,31-36H,22-30H2,1-17H3. The number of thiophene rings is 1. The number of rotatable bonds is 2. The van der Waals surface area contributed by atoms with Crippen LogP contribution in [0.15, 0.2) is 71.5 Å². The third-order valence-corrected chi connectivity index (χ3v) is 20.7. The van der Waals surface area contributed by atoms with Gasteiger partial charge in [-0.3, -0.25) is 0 Å². The van der Waals surface area contributed by atoms with E-state index in [0.29, 0.717) is 5.92 Å². The highest BCUT2D eigenvalue weighted by Crippen LogP contribution is 2.59. The first-order chi connectivity index (χ1) is 30.1. The van der Waals surface area contributed by atoms with Crippen molar-refractivity contribution in [2.24, 2.45) is 5.92 Å². The lowest BCUT2D eigenvalue weighted by atomic mass is 9.31. The smallest absolute Gasteiger partial charge is 0.253 e. The van der Waals surface area contributed by atoms with Crippen LogP contribution in [0.25, 0.3) is 0 Å². The Balaban J connectivity index is 1.27. The Morgan fingerprint density at radius 3 is 1.45 bits per heavy atom.